The Morgan fingerprint density at radius 2 is 1.78 bits per heavy atom. The molecule has 23 heavy (non-hydrogen) atoms. The van der Waals surface area contributed by atoms with Crippen LogP contribution in [0.15, 0.2) is 30.5 Å². The van der Waals surface area contributed by atoms with Crippen molar-refractivity contribution in [2.75, 3.05) is 29.4 Å². The predicted octanol–water partition coefficient (Wildman–Crippen LogP) is 3.96. The number of anilines is 3. The second-order valence-electron chi connectivity index (χ2n) is 5.68. The molecule has 1 heterocycles. The van der Waals surface area contributed by atoms with E-state index in [1.165, 1.54) is 5.56 Å². The molecule has 0 aliphatic rings. The van der Waals surface area contributed by atoms with Crippen molar-refractivity contribution in [3.63, 3.8) is 0 Å². The van der Waals surface area contributed by atoms with Crippen molar-refractivity contribution >= 4 is 17.5 Å². The number of aromatic nitrogens is 3. The molecule has 0 saturated heterocycles. The first-order valence-corrected chi connectivity index (χ1v) is 8.48. The molecule has 0 amide bonds. The molecule has 1 aromatic carbocycles. The molecule has 5 heteroatoms. The summed E-state index contributed by atoms with van der Waals surface area (Å²) in [5.41, 5.74) is 2.33. The fraction of sp³-hybridized carbons (Fsp3) is 0.500. The smallest absolute Gasteiger partial charge is 0.251 e. The number of nitrogens with zero attached hydrogens (tertiary/aromatic N) is 5. The van der Waals surface area contributed by atoms with Gasteiger partial charge in [0.05, 0.1) is 6.20 Å². The molecule has 5 nitrogen and oxygen atoms in total. The molecule has 0 saturated carbocycles. The molecular formula is C18H27N5. The Bertz CT molecular complexity index is 608. The Kier molecular flexibility index (Phi) is 6.32. The summed E-state index contributed by atoms with van der Waals surface area (Å²) in [7, 11) is 0. The van der Waals surface area contributed by atoms with E-state index in [1.807, 2.05) is 0 Å². The highest BCUT2D eigenvalue weighted by molar-refractivity contribution is 5.58. The van der Waals surface area contributed by atoms with Crippen molar-refractivity contribution in [2.45, 2.75) is 40.5 Å². The molecule has 0 fully saturated rings. The number of benzene rings is 1. The largest absolute Gasteiger partial charge is 0.355 e. The first-order chi connectivity index (χ1) is 11.2. The molecule has 0 atom stereocenters. The molecule has 0 N–H and O–H groups in total. The minimum absolute atomic E-state index is 0.660. The van der Waals surface area contributed by atoms with Gasteiger partial charge in [-0.2, -0.15) is 10.1 Å². The van der Waals surface area contributed by atoms with Crippen LogP contribution in [0, 0.1) is 6.92 Å². The van der Waals surface area contributed by atoms with Crippen LogP contribution < -0.4 is 9.80 Å². The van der Waals surface area contributed by atoms with E-state index in [-0.39, 0.29) is 0 Å². The highest BCUT2D eigenvalue weighted by atomic mass is 15.3. The lowest BCUT2D eigenvalue weighted by molar-refractivity contribution is 0.724. The highest BCUT2D eigenvalue weighted by Crippen LogP contribution is 2.23. The SMILES string of the molecule is CCCN(CCC)c1cnnc(N(CC)c2cccc(C)c2)n1. The topological polar surface area (TPSA) is 45.2 Å². The van der Waals surface area contributed by atoms with Crippen LogP contribution in [-0.2, 0) is 0 Å². The van der Waals surface area contributed by atoms with E-state index < -0.39 is 0 Å². The first-order valence-electron chi connectivity index (χ1n) is 8.48. The van der Waals surface area contributed by atoms with E-state index in [0.717, 1.165) is 44.0 Å². The number of hydrogen-bond donors (Lipinski definition) is 0. The monoisotopic (exact) mass is 313 g/mol. The molecular weight excluding hydrogens is 286 g/mol. The third-order valence-corrected chi connectivity index (χ3v) is 3.72. The second-order valence-corrected chi connectivity index (χ2v) is 5.68. The van der Waals surface area contributed by atoms with Crippen LogP contribution in [-0.4, -0.2) is 34.8 Å². The average molecular weight is 313 g/mol. The second kappa shape index (κ2) is 8.46. The van der Waals surface area contributed by atoms with Crippen LogP contribution in [0.3, 0.4) is 0 Å². The third kappa shape index (κ3) is 4.41. The van der Waals surface area contributed by atoms with Crippen molar-refractivity contribution < 1.29 is 0 Å². The van der Waals surface area contributed by atoms with Gasteiger partial charge < -0.3 is 9.80 Å². The molecule has 2 aromatic rings. The number of hydrogen-bond acceptors (Lipinski definition) is 5. The van der Waals surface area contributed by atoms with Crippen molar-refractivity contribution in [1.29, 1.82) is 0 Å². The fourth-order valence-corrected chi connectivity index (χ4v) is 2.67. The average Bonchev–Trinajstić information content (AvgIpc) is 2.56. The molecule has 1 aromatic heterocycles. The van der Waals surface area contributed by atoms with Gasteiger partial charge in [-0.25, -0.2) is 0 Å². The van der Waals surface area contributed by atoms with Crippen LogP contribution in [0.1, 0.15) is 39.2 Å². The van der Waals surface area contributed by atoms with Gasteiger partial charge in [0.15, 0.2) is 5.82 Å². The Balaban J connectivity index is 2.32. The summed E-state index contributed by atoms with van der Waals surface area (Å²) in [5, 5.41) is 8.45. The molecule has 0 unspecified atom stereocenters. The Labute approximate surface area is 139 Å². The minimum atomic E-state index is 0.660. The van der Waals surface area contributed by atoms with Crippen molar-refractivity contribution in [3.8, 4) is 0 Å². The Hall–Kier alpha value is -2.17. The van der Waals surface area contributed by atoms with E-state index >= 15 is 0 Å². The maximum absolute atomic E-state index is 4.77. The lowest BCUT2D eigenvalue weighted by Gasteiger charge is -2.25. The van der Waals surface area contributed by atoms with E-state index in [0.29, 0.717) is 5.95 Å². The summed E-state index contributed by atoms with van der Waals surface area (Å²) in [5.74, 6) is 1.57. The van der Waals surface area contributed by atoms with Gasteiger partial charge in [0.1, 0.15) is 0 Å². The Morgan fingerprint density at radius 3 is 2.39 bits per heavy atom. The summed E-state index contributed by atoms with van der Waals surface area (Å²) in [6.45, 7) is 11.3. The van der Waals surface area contributed by atoms with Crippen LogP contribution in [0.25, 0.3) is 0 Å². The zero-order chi connectivity index (χ0) is 16.7. The standard InChI is InChI=1S/C18H27N5/c1-5-11-22(12-6-2)17-14-19-21-18(20-17)23(7-3)16-10-8-9-15(4)13-16/h8-10,13-14H,5-7,11-12H2,1-4H3. The van der Waals surface area contributed by atoms with Crippen LogP contribution in [0.2, 0.25) is 0 Å². The van der Waals surface area contributed by atoms with Crippen LogP contribution >= 0.6 is 0 Å². The van der Waals surface area contributed by atoms with Gasteiger partial charge in [0.25, 0.3) is 5.95 Å². The number of aryl methyl sites for hydroxylation is 1. The van der Waals surface area contributed by atoms with E-state index in [1.54, 1.807) is 6.20 Å². The van der Waals surface area contributed by atoms with Gasteiger partial charge >= 0.3 is 0 Å². The Morgan fingerprint density at radius 1 is 1.04 bits per heavy atom. The van der Waals surface area contributed by atoms with Gasteiger partial charge in [-0.05, 0) is 44.4 Å². The quantitative estimate of drug-likeness (QED) is 0.738. The predicted molar refractivity (Wildman–Crippen MR) is 96.5 cm³/mol. The lowest BCUT2D eigenvalue weighted by Crippen LogP contribution is -2.27. The van der Waals surface area contributed by atoms with Crippen molar-refractivity contribution in [2.24, 2.45) is 0 Å². The third-order valence-electron chi connectivity index (χ3n) is 3.72. The van der Waals surface area contributed by atoms with Crippen LogP contribution in [0.5, 0.6) is 0 Å². The van der Waals surface area contributed by atoms with Crippen LogP contribution in [0.4, 0.5) is 17.5 Å². The zero-order valence-corrected chi connectivity index (χ0v) is 14.7. The van der Waals surface area contributed by atoms with Crippen molar-refractivity contribution in [1.82, 2.24) is 15.2 Å². The van der Waals surface area contributed by atoms with Gasteiger partial charge in [0, 0.05) is 25.3 Å². The summed E-state index contributed by atoms with van der Waals surface area (Å²) in [4.78, 5) is 9.14. The van der Waals surface area contributed by atoms with Gasteiger partial charge in [0.2, 0.25) is 0 Å². The summed E-state index contributed by atoms with van der Waals surface area (Å²) < 4.78 is 0. The summed E-state index contributed by atoms with van der Waals surface area (Å²) in [6.07, 6.45) is 3.95. The van der Waals surface area contributed by atoms with Crippen molar-refractivity contribution in [3.05, 3.63) is 36.0 Å². The van der Waals surface area contributed by atoms with Gasteiger partial charge in [-0.15, -0.1) is 5.10 Å². The molecule has 2 rings (SSSR count). The van der Waals surface area contributed by atoms with Gasteiger partial charge in [-0.1, -0.05) is 26.0 Å². The van der Waals surface area contributed by atoms with E-state index in [4.69, 9.17) is 4.98 Å². The first kappa shape index (κ1) is 17.2. The highest BCUT2D eigenvalue weighted by Gasteiger charge is 2.14. The number of rotatable bonds is 8. The summed E-state index contributed by atoms with van der Waals surface area (Å²) in [6, 6.07) is 8.39. The normalized spacial score (nSPS) is 10.6. The van der Waals surface area contributed by atoms with E-state index in [2.05, 4.69) is 72.0 Å². The summed E-state index contributed by atoms with van der Waals surface area (Å²) >= 11 is 0. The zero-order valence-electron chi connectivity index (χ0n) is 14.7. The fourth-order valence-electron chi connectivity index (χ4n) is 2.67. The molecule has 0 aliphatic carbocycles. The minimum Gasteiger partial charge on any atom is -0.355 e. The molecule has 124 valence electrons. The molecule has 0 radical (unpaired) electrons. The van der Waals surface area contributed by atoms with Gasteiger partial charge in [-0.3, -0.25) is 0 Å². The molecule has 0 bridgehead atoms. The van der Waals surface area contributed by atoms with E-state index in [9.17, 15) is 0 Å². The lowest BCUT2D eigenvalue weighted by atomic mass is 10.2. The maximum atomic E-state index is 4.77. The molecule has 0 aliphatic heterocycles. The molecule has 0 spiro atoms. The maximum Gasteiger partial charge on any atom is 0.251 e.